The summed E-state index contributed by atoms with van der Waals surface area (Å²) in [6.07, 6.45) is 0.837. The van der Waals surface area contributed by atoms with Crippen LogP contribution in [-0.4, -0.2) is 13.1 Å². The average Bonchev–Trinajstić information content (AvgIpc) is 2.94. The Bertz CT molecular complexity index is 604. The number of hydrogen-bond donors (Lipinski definition) is 0. The molecule has 1 heterocycles. The highest BCUT2D eigenvalue weighted by Crippen LogP contribution is 2.23. The van der Waals surface area contributed by atoms with Crippen molar-refractivity contribution >= 4 is 17.6 Å². The number of ether oxygens (including phenoxy) is 2. The van der Waals surface area contributed by atoms with Gasteiger partial charge in [-0.15, -0.1) is 0 Å². The Balaban J connectivity index is 2.01. The van der Waals surface area contributed by atoms with Gasteiger partial charge in [-0.3, -0.25) is 0 Å². The van der Waals surface area contributed by atoms with Gasteiger partial charge in [0.15, 0.2) is 0 Å². The third-order valence-electron chi connectivity index (χ3n) is 2.83. The van der Waals surface area contributed by atoms with Crippen LogP contribution < -0.4 is 4.74 Å². The molecule has 4 nitrogen and oxygen atoms in total. The fraction of sp³-hybridized carbons (Fsp3) is 0.267. The van der Waals surface area contributed by atoms with Gasteiger partial charge in [-0.1, -0.05) is 18.5 Å². The van der Waals surface area contributed by atoms with Crippen LogP contribution >= 0.6 is 11.6 Å². The lowest BCUT2D eigenvalue weighted by atomic mass is 10.1. The highest BCUT2D eigenvalue weighted by Gasteiger charge is 2.11. The van der Waals surface area contributed by atoms with E-state index in [0.717, 1.165) is 17.0 Å². The average molecular weight is 295 g/mol. The smallest absolute Gasteiger partial charge is 0.373 e. The van der Waals surface area contributed by atoms with Gasteiger partial charge in [0.2, 0.25) is 5.76 Å². The first-order valence-corrected chi connectivity index (χ1v) is 6.60. The van der Waals surface area contributed by atoms with E-state index in [-0.39, 0.29) is 12.4 Å². The number of benzene rings is 1. The predicted octanol–water partition coefficient (Wildman–Crippen LogP) is 3.86. The third-order valence-corrected chi connectivity index (χ3v) is 3.20. The number of halogens is 1. The first-order chi connectivity index (χ1) is 9.63. The van der Waals surface area contributed by atoms with Crippen LogP contribution in [0.3, 0.4) is 0 Å². The molecule has 20 heavy (non-hydrogen) atoms. The van der Waals surface area contributed by atoms with Crippen LogP contribution in [-0.2, 0) is 17.8 Å². The third kappa shape index (κ3) is 3.33. The molecular weight excluding hydrogens is 280 g/mol. The zero-order valence-electron chi connectivity index (χ0n) is 11.3. The van der Waals surface area contributed by atoms with Crippen molar-refractivity contribution in [2.75, 3.05) is 7.11 Å². The molecule has 0 atom stereocenters. The zero-order valence-corrected chi connectivity index (χ0v) is 12.1. The van der Waals surface area contributed by atoms with E-state index in [1.807, 2.05) is 13.0 Å². The molecule has 0 aliphatic carbocycles. The molecule has 5 heteroatoms. The van der Waals surface area contributed by atoms with Crippen molar-refractivity contribution in [3.63, 3.8) is 0 Å². The Morgan fingerprint density at radius 1 is 1.30 bits per heavy atom. The number of methoxy groups -OCH3 is 1. The van der Waals surface area contributed by atoms with Crippen LogP contribution in [0.4, 0.5) is 0 Å². The van der Waals surface area contributed by atoms with Gasteiger partial charge in [-0.2, -0.15) is 0 Å². The van der Waals surface area contributed by atoms with Crippen molar-refractivity contribution in [1.29, 1.82) is 0 Å². The maximum absolute atomic E-state index is 11.3. The highest BCUT2D eigenvalue weighted by atomic mass is 35.5. The molecular formula is C15H15ClO4. The van der Waals surface area contributed by atoms with Gasteiger partial charge in [-0.25, -0.2) is 4.79 Å². The molecule has 0 bridgehead atoms. The minimum absolute atomic E-state index is 0.163. The Morgan fingerprint density at radius 2 is 2.10 bits per heavy atom. The summed E-state index contributed by atoms with van der Waals surface area (Å²) >= 11 is 6.04. The second kappa shape index (κ2) is 6.48. The predicted molar refractivity (Wildman–Crippen MR) is 75.2 cm³/mol. The monoisotopic (exact) mass is 294 g/mol. The molecule has 0 saturated carbocycles. The fourth-order valence-corrected chi connectivity index (χ4v) is 1.98. The maximum atomic E-state index is 11.3. The van der Waals surface area contributed by atoms with Gasteiger partial charge in [0, 0.05) is 5.02 Å². The van der Waals surface area contributed by atoms with E-state index in [2.05, 4.69) is 4.74 Å². The Labute approximate surface area is 122 Å². The Morgan fingerprint density at radius 3 is 2.80 bits per heavy atom. The van der Waals surface area contributed by atoms with Crippen molar-refractivity contribution in [2.45, 2.75) is 20.0 Å². The lowest BCUT2D eigenvalue weighted by molar-refractivity contribution is 0.0561. The number of carbonyl (C=O) groups is 1. The van der Waals surface area contributed by atoms with E-state index >= 15 is 0 Å². The molecule has 2 aromatic rings. The van der Waals surface area contributed by atoms with Gasteiger partial charge in [0.05, 0.1) is 7.11 Å². The molecule has 0 saturated heterocycles. The van der Waals surface area contributed by atoms with E-state index in [1.165, 1.54) is 7.11 Å². The van der Waals surface area contributed by atoms with Gasteiger partial charge in [-0.05, 0) is 42.3 Å². The van der Waals surface area contributed by atoms with Gasteiger partial charge in [0.25, 0.3) is 0 Å². The molecule has 0 aliphatic heterocycles. The molecule has 0 spiro atoms. The van der Waals surface area contributed by atoms with E-state index in [1.54, 1.807) is 24.3 Å². The quantitative estimate of drug-likeness (QED) is 0.786. The van der Waals surface area contributed by atoms with Gasteiger partial charge in [0.1, 0.15) is 18.1 Å². The lowest BCUT2D eigenvalue weighted by Crippen LogP contribution is -1.99. The van der Waals surface area contributed by atoms with Crippen molar-refractivity contribution in [3.8, 4) is 5.75 Å². The summed E-state index contributed by atoms with van der Waals surface area (Å²) in [5.41, 5.74) is 1.03. The first kappa shape index (κ1) is 14.5. The van der Waals surface area contributed by atoms with Crippen LogP contribution in [0.2, 0.25) is 5.02 Å². The summed E-state index contributed by atoms with van der Waals surface area (Å²) in [5.74, 6) is 0.924. The fourth-order valence-electron chi connectivity index (χ4n) is 1.73. The molecule has 0 radical (unpaired) electrons. The molecule has 106 valence electrons. The minimum atomic E-state index is -0.504. The Hall–Kier alpha value is -1.94. The van der Waals surface area contributed by atoms with Gasteiger partial charge >= 0.3 is 5.97 Å². The van der Waals surface area contributed by atoms with E-state index in [0.29, 0.717) is 11.5 Å². The summed E-state index contributed by atoms with van der Waals surface area (Å²) in [5, 5.41) is 0.728. The van der Waals surface area contributed by atoms with Crippen molar-refractivity contribution in [1.82, 2.24) is 0 Å². The standard InChI is InChI=1S/C15H15ClO4/c1-3-10-8-11(4-6-13(10)16)19-9-12-5-7-14(20-12)15(17)18-2/h4-8H,3,9H2,1-2H3. The van der Waals surface area contributed by atoms with E-state index in [9.17, 15) is 4.79 Å². The topological polar surface area (TPSA) is 48.7 Å². The minimum Gasteiger partial charge on any atom is -0.486 e. The largest absolute Gasteiger partial charge is 0.486 e. The molecule has 0 unspecified atom stereocenters. The normalized spacial score (nSPS) is 10.3. The SMILES string of the molecule is CCc1cc(OCc2ccc(C(=O)OC)o2)ccc1Cl. The second-order valence-electron chi connectivity index (χ2n) is 4.15. The van der Waals surface area contributed by atoms with E-state index in [4.69, 9.17) is 20.8 Å². The molecule has 0 amide bonds. The number of carbonyl (C=O) groups excluding carboxylic acids is 1. The van der Waals surface area contributed by atoms with Crippen molar-refractivity contribution < 1.29 is 18.7 Å². The van der Waals surface area contributed by atoms with Crippen molar-refractivity contribution in [2.24, 2.45) is 0 Å². The summed E-state index contributed by atoms with van der Waals surface area (Å²) in [7, 11) is 1.31. The zero-order chi connectivity index (χ0) is 14.5. The van der Waals surface area contributed by atoms with Crippen LogP contribution in [0.15, 0.2) is 34.7 Å². The molecule has 2 rings (SSSR count). The Kier molecular flexibility index (Phi) is 4.69. The first-order valence-electron chi connectivity index (χ1n) is 6.22. The number of furan rings is 1. The van der Waals surface area contributed by atoms with Crippen LogP contribution in [0.1, 0.15) is 28.8 Å². The number of hydrogen-bond acceptors (Lipinski definition) is 4. The van der Waals surface area contributed by atoms with Crippen LogP contribution in [0, 0.1) is 0 Å². The number of esters is 1. The van der Waals surface area contributed by atoms with Gasteiger partial charge < -0.3 is 13.9 Å². The number of aryl methyl sites for hydroxylation is 1. The lowest BCUT2D eigenvalue weighted by Gasteiger charge is -2.07. The number of rotatable bonds is 5. The maximum Gasteiger partial charge on any atom is 0.373 e. The van der Waals surface area contributed by atoms with Crippen LogP contribution in [0.5, 0.6) is 5.75 Å². The summed E-state index contributed by atoms with van der Waals surface area (Å²) in [6.45, 7) is 2.27. The summed E-state index contributed by atoms with van der Waals surface area (Å²) in [4.78, 5) is 11.3. The molecule has 0 aliphatic rings. The molecule has 0 N–H and O–H groups in total. The van der Waals surface area contributed by atoms with Crippen LogP contribution in [0.25, 0.3) is 0 Å². The molecule has 1 aromatic heterocycles. The summed E-state index contributed by atoms with van der Waals surface area (Å²) < 4.78 is 15.5. The molecule has 0 fully saturated rings. The molecule has 1 aromatic carbocycles. The second-order valence-corrected chi connectivity index (χ2v) is 4.56. The highest BCUT2D eigenvalue weighted by molar-refractivity contribution is 6.31. The summed E-state index contributed by atoms with van der Waals surface area (Å²) in [6, 6.07) is 8.74. The van der Waals surface area contributed by atoms with E-state index < -0.39 is 5.97 Å². The van der Waals surface area contributed by atoms with Crippen molar-refractivity contribution in [3.05, 3.63) is 52.4 Å².